The fraction of sp³-hybridized carbons (Fsp3) is 0.263. The molecule has 3 aromatic rings. The Balaban J connectivity index is 1.89. The molecule has 0 aliphatic rings. The van der Waals surface area contributed by atoms with E-state index in [0.717, 1.165) is 5.56 Å². The highest BCUT2D eigenvalue weighted by atomic mass is 35.5. The summed E-state index contributed by atoms with van der Waals surface area (Å²) < 4.78 is 7.50. The maximum absolute atomic E-state index is 12.6. The molecule has 0 aliphatic carbocycles. The van der Waals surface area contributed by atoms with E-state index < -0.39 is 11.9 Å². The van der Waals surface area contributed by atoms with Crippen LogP contribution < -0.4 is 10.1 Å². The maximum Gasteiger partial charge on any atom is 0.270 e. The van der Waals surface area contributed by atoms with Gasteiger partial charge in [0.2, 0.25) is 0 Å². The lowest BCUT2D eigenvalue weighted by molar-refractivity contribution is 0.0873. The van der Waals surface area contributed by atoms with Gasteiger partial charge in [-0.2, -0.15) is 0 Å². The number of nitrogens with one attached hydrogen (secondary N) is 1. The first kappa shape index (κ1) is 19.2. The molecule has 3 N–H and O–H groups in total. The molecule has 0 fully saturated rings. The van der Waals surface area contributed by atoms with Crippen LogP contribution in [0, 0.1) is 6.92 Å². The molecule has 0 saturated carbocycles. The van der Waals surface area contributed by atoms with Crippen molar-refractivity contribution in [3.63, 3.8) is 0 Å². The Hall–Kier alpha value is -2.61. The van der Waals surface area contributed by atoms with Crippen molar-refractivity contribution in [1.29, 1.82) is 0 Å². The lowest BCUT2D eigenvalue weighted by Gasteiger charge is -2.13. The van der Waals surface area contributed by atoms with E-state index in [0.29, 0.717) is 27.8 Å². The van der Waals surface area contributed by atoms with Crippen LogP contribution in [0.4, 0.5) is 0 Å². The molecule has 2 aromatic heterocycles. The van der Waals surface area contributed by atoms with Gasteiger partial charge in [-0.1, -0.05) is 29.8 Å². The quantitative estimate of drug-likeness (QED) is 0.574. The molecule has 7 nitrogen and oxygen atoms in total. The molecule has 0 aliphatic heterocycles. The van der Waals surface area contributed by atoms with Gasteiger partial charge in [-0.25, -0.2) is 4.98 Å². The topological polar surface area (TPSA) is 96.1 Å². The molecule has 1 amide bonds. The Labute approximate surface area is 161 Å². The van der Waals surface area contributed by atoms with Crippen LogP contribution >= 0.6 is 11.6 Å². The molecule has 2 heterocycles. The van der Waals surface area contributed by atoms with E-state index in [1.807, 2.05) is 18.2 Å². The average molecular weight is 390 g/mol. The molecule has 0 unspecified atom stereocenters. The molecule has 8 heteroatoms. The van der Waals surface area contributed by atoms with E-state index in [2.05, 4.69) is 10.3 Å². The maximum atomic E-state index is 12.6. The van der Waals surface area contributed by atoms with Gasteiger partial charge in [-0.05, 0) is 25.1 Å². The van der Waals surface area contributed by atoms with Gasteiger partial charge in [0.15, 0.2) is 11.4 Å². The van der Waals surface area contributed by atoms with Crippen LogP contribution in [0.25, 0.3) is 5.65 Å². The largest absolute Gasteiger partial charge is 0.485 e. The number of amides is 1. The molecule has 0 bridgehead atoms. The molecule has 1 aromatic carbocycles. The third kappa shape index (κ3) is 4.05. The Morgan fingerprint density at radius 3 is 2.70 bits per heavy atom. The van der Waals surface area contributed by atoms with E-state index in [4.69, 9.17) is 16.3 Å². The molecule has 27 heavy (non-hydrogen) atoms. The number of rotatable bonds is 7. The molecular weight excluding hydrogens is 370 g/mol. The molecule has 0 radical (unpaired) electrons. The summed E-state index contributed by atoms with van der Waals surface area (Å²) in [6.07, 6.45) is 1.71. The Bertz CT molecular complexity index is 953. The number of pyridine rings is 1. The number of aliphatic hydroxyl groups excluding tert-OH is 2. The second kappa shape index (κ2) is 8.39. The predicted octanol–water partition coefficient (Wildman–Crippen LogP) is 1.96. The summed E-state index contributed by atoms with van der Waals surface area (Å²) in [5.41, 5.74) is 2.17. The van der Waals surface area contributed by atoms with Crippen LogP contribution in [-0.4, -0.2) is 44.8 Å². The number of aryl methyl sites for hydroxylation is 1. The zero-order valence-corrected chi connectivity index (χ0v) is 15.5. The second-order valence-corrected chi connectivity index (χ2v) is 6.43. The number of fused-ring (bicyclic) bond motifs is 1. The van der Waals surface area contributed by atoms with Gasteiger partial charge in [0.1, 0.15) is 12.3 Å². The van der Waals surface area contributed by atoms with E-state index in [1.165, 1.54) is 0 Å². The standard InChI is InChI=1S/C19H20ClN3O4/c1-12-17(19(26)22-14(9-24)10-25)23-8-4-7-16(18(23)21-12)27-11-13-5-2-3-6-15(13)20/h2-8,14,24-25H,9-11H2,1H3,(H,22,26). The highest BCUT2D eigenvalue weighted by Gasteiger charge is 2.21. The number of benzene rings is 1. The fourth-order valence-electron chi connectivity index (χ4n) is 2.72. The molecule has 3 rings (SSSR count). The highest BCUT2D eigenvalue weighted by molar-refractivity contribution is 6.31. The Morgan fingerprint density at radius 1 is 1.26 bits per heavy atom. The van der Waals surface area contributed by atoms with Crippen molar-refractivity contribution in [1.82, 2.24) is 14.7 Å². The van der Waals surface area contributed by atoms with Gasteiger partial charge in [0.25, 0.3) is 5.91 Å². The summed E-state index contributed by atoms with van der Waals surface area (Å²) in [6, 6.07) is 10.2. The van der Waals surface area contributed by atoms with Gasteiger partial charge in [-0.3, -0.25) is 9.20 Å². The van der Waals surface area contributed by atoms with Crippen LogP contribution in [0.2, 0.25) is 5.02 Å². The van der Waals surface area contributed by atoms with Gasteiger partial charge >= 0.3 is 0 Å². The number of imidazole rings is 1. The summed E-state index contributed by atoms with van der Waals surface area (Å²) in [5, 5.41) is 21.5. The van der Waals surface area contributed by atoms with Crippen molar-refractivity contribution in [3.05, 3.63) is 64.6 Å². The first-order chi connectivity index (χ1) is 13.0. The minimum absolute atomic E-state index is 0.268. The van der Waals surface area contributed by atoms with Gasteiger partial charge in [0.05, 0.1) is 24.9 Å². The van der Waals surface area contributed by atoms with Crippen molar-refractivity contribution < 1.29 is 19.7 Å². The summed E-state index contributed by atoms with van der Waals surface area (Å²) >= 11 is 6.16. The second-order valence-electron chi connectivity index (χ2n) is 6.03. The summed E-state index contributed by atoms with van der Waals surface area (Å²) in [7, 11) is 0. The van der Waals surface area contributed by atoms with E-state index in [1.54, 1.807) is 35.7 Å². The Morgan fingerprint density at radius 2 is 2.00 bits per heavy atom. The van der Waals surface area contributed by atoms with Crippen LogP contribution in [-0.2, 0) is 6.61 Å². The first-order valence-electron chi connectivity index (χ1n) is 8.41. The minimum atomic E-state index is -0.734. The van der Waals surface area contributed by atoms with E-state index >= 15 is 0 Å². The third-order valence-electron chi connectivity index (χ3n) is 4.12. The number of carbonyl (C=O) groups is 1. The number of hydrogen-bond donors (Lipinski definition) is 3. The fourth-order valence-corrected chi connectivity index (χ4v) is 2.91. The lowest BCUT2D eigenvalue weighted by atomic mass is 10.2. The normalized spacial score (nSPS) is 11.1. The first-order valence-corrected chi connectivity index (χ1v) is 8.79. The van der Waals surface area contributed by atoms with Gasteiger partial charge in [-0.15, -0.1) is 0 Å². The van der Waals surface area contributed by atoms with Gasteiger partial charge in [0, 0.05) is 16.8 Å². The predicted molar refractivity (Wildman–Crippen MR) is 101 cm³/mol. The molecule has 142 valence electrons. The molecule has 0 saturated heterocycles. The number of aromatic nitrogens is 2. The zero-order valence-electron chi connectivity index (χ0n) is 14.7. The lowest BCUT2D eigenvalue weighted by Crippen LogP contribution is -2.40. The van der Waals surface area contributed by atoms with Gasteiger partial charge < -0.3 is 20.3 Å². The van der Waals surface area contributed by atoms with Crippen LogP contribution in [0.3, 0.4) is 0 Å². The van der Waals surface area contributed by atoms with Crippen molar-refractivity contribution in [2.24, 2.45) is 0 Å². The minimum Gasteiger partial charge on any atom is -0.485 e. The SMILES string of the molecule is Cc1nc2c(OCc3ccccc3Cl)cccn2c1C(=O)NC(CO)CO. The van der Waals surface area contributed by atoms with Crippen molar-refractivity contribution in [2.75, 3.05) is 13.2 Å². The van der Waals surface area contributed by atoms with Crippen LogP contribution in [0.1, 0.15) is 21.7 Å². The number of carbonyl (C=O) groups excluding carboxylic acids is 1. The molecular formula is C19H20ClN3O4. The smallest absolute Gasteiger partial charge is 0.270 e. The summed E-state index contributed by atoms with van der Waals surface area (Å²) in [6.45, 7) is 1.27. The van der Waals surface area contributed by atoms with Crippen LogP contribution in [0.15, 0.2) is 42.6 Å². The number of aliphatic hydroxyl groups is 2. The highest BCUT2D eigenvalue weighted by Crippen LogP contribution is 2.24. The Kier molecular flexibility index (Phi) is 5.95. The summed E-state index contributed by atoms with van der Waals surface area (Å²) in [4.78, 5) is 17.0. The molecule has 0 spiro atoms. The van der Waals surface area contributed by atoms with Crippen LogP contribution in [0.5, 0.6) is 5.75 Å². The monoisotopic (exact) mass is 389 g/mol. The number of ether oxygens (including phenoxy) is 1. The number of hydrogen-bond acceptors (Lipinski definition) is 5. The number of halogens is 1. The third-order valence-corrected chi connectivity index (χ3v) is 4.49. The number of nitrogens with zero attached hydrogens (tertiary/aromatic N) is 2. The molecule has 0 atom stereocenters. The zero-order chi connectivity index (χ0) is 19.4. The van der Waals surface area contributed by atoms with Crippen molar-refractivity contribution in [2.45, 2.75) is 19.6 Å². The summed E-state index contributed by atoms with van der Waals surface area (Å²) in [5.74, 6) is 0.0804. The van der Waals surface area contributed by atoms with E-state index in [9.17, 15) is 15.0 Å². The van der Waals surface area contributed by atoms with Crippen molar-refractivity contribution >= 4 is 23.2 Å². The average Bonchev–Trinajstić information content (AvgIpc) is 3.01. The van der Waals surface area contributed by atoms with Crippen molar-refractivity contribution in [3.8, 4) is 5.75 Å². The van der Waals surface area contributed by atoms with E-state index in [-0.39, 0.29) is 19.8 Å².